The fraction of sp³-hybridized carbons (Fsp3) is 0.533. The molecule has 0 radical (unpaired) electrons. The maximum absolute atomic E-state index is 12.0. The number of carboxylic acid groups (broad SMARTS) is 1. The summed E-state index contributed by atoms with van der Waals surface area (Å²) in [5.74, 6) is -0.965. The van der Waals surface area contributed by atoms with Crippen molar-refractivity contribution in [3.8, 4) is 0 Å². The Bertz CT molecular complexity index is 615. The number of aromatic carboxylic acids is 1. The number of carbonyl (C=O) groups is 1. The average Bonchev–Trinajstić information content (AvgIpc) is 2.35. The Kier molecular flexibility index (Phi) is 5.39. The van der Waals surface area contributed by atoms with Crippen LogP contribution in [-0.2, 0) is 16.4 Å². The summed E-state index contributed by atoms with van der Waals surface area (Å²) in [6.45, 7) is 7.79. The first kappa shape index (κ1) is 17.5. The zero-order valence-corrected chi connectivity index (χ0v) is 13.8. The van der Waals surface area contributed by atoms with Crippen molar-refractivity contribution in [2.45, 2.75) is 40.5 Å². The average molecular weight is 313 g/mol. The Morgan fingerprint density at radius 2 is 1.90 bits per heavy atom. The quantitative estimate of drug-likeness (QED) is 0.845. The molecule has 0 spiro atoms. The highest BCUT2D eigenvalue weighted by Crippen LogP contribution is 2.21. The van der Waals surface area contributed by atoms with Gasteiger partial charge in [0, 0.05) is 5.69 Å². The molecule has 0 heterocycles. The molecule has 1 aromatic carbocycles. The number of anilines is 1. The molecule has 0 aromatic heterocycles. The first-order valence-electron chi connectivity index (χ1n) is 6.91. The number of carboxylic acids is 1. The van der Waals surface area contributed by atoms with E-state index in [0.29, 0.717) is 24.1 Å². The standard InChI is InChI=1S/C15H23NO4S/c1-5-11-10-12(6-7-13(11)14(17)18)16-21(19,20)9-8-15(2,3)4/h6-7,10,16H,5,8-9H2,1-4H3,(H,17,18). The van der Waals surface area contributed by atoms with Crippen molar-refractivity contribution in [3.63, 3.8) is 0 Å². The summed E-state index contributed by atoms with van der Waals surface area (Å²) in [7, 11) is -3.42. The molecule has 0 amide bonds. The topological polar surface area (TPSA) is 83.5 Å². The van der Waals surface area contributed by atoms with Crippen LogP contribution in [0.1, 0.15) is 50.0 Å². The van der Waals surface area contributed by atoms with Crippen LogP contribution < -0.4 is 4.72 Å². The highest BCUT2D eigenvalue weighted by atomic mass is 32.2. The summed E-state index contributed by atoms with van der Waals surface area (Å²) in [5.41, 5.74) is 1.16. The van der Waals surface area contributed by atoms with Gasteiger partial charge in [-0.25, -0.2) is 13.2 Å². The third-order valence-electron chi connectivity index (χ3n) is 3.11. The fourth-order valence-electron chi connectivity index (χ4n) is 1.83. The van der Waals surface area contributed by atoms with Crippen molar-refractivity contribution in [3.05, 3.63) is 29.3 Å². The third-order valence-corrected chi connectivity index (χ3v) is 4.40. The van der Waals surface area contributed by atoms with E-state index in [1.807, 2.05) is 27.7 Å². The largest absolute Gasteiger partial charge is 0.478 e. The molecule has 0 atom stereocenters. The van der Waals surface area contributed by atoms with E-state index >= 15 is 0 Å². The van der Waals surface area contributed by atoms with E-state index in [1.54, 1.807) is 6.07 Å². The number of aryl methyl sites for hydroxylation is 1. The molecule has 1 rings (SSSR count). The van der Waals surface area contributed by atoms with Crippen LogP contribution in [0.3, 0.4) is 0 Å². The summed E-state index contributed by atoms with van der Waals surface area (Å²) in [5, 5.41) is 9.06. The van der Waals surface area contributed by atoms with Crippen LogP contribution in [0.2, 0.25) is 0 Å². The molecule has 0 aliphatic rings. The van der Waals surface area contributed by atoms with Crippen LogP contribution in [0.15, 0.2) is 18.2 Å². The highest BCUT2D eigenvalue weighted by molar-refractivity contribution is 7.92. The second-order valence-electron chi connectivity index (χ2n) is 6.26. The van der Waals surface area contributed by atoms with E-state index in [1.165, 1.54) is 12.1 Å². The van der Waals surface area contributed by atoms with Gasteiger partial charge in [0.15, 0.2) is 0 Å². The van der Waals surface area contributed by atoms with Gasteiger partial charge in [0.2, 0.25) is 10.0 Å². The summed E-state index contributed by atoms with van der Waals surface area (Å²) < 4.78 is 26.6. The molecule has 6 heteroatoms. The van der Waals surface area contributed by atoms with E-state index in [9.17, 15) is 13.2 Å². The molecular formula is C15H23NO4S. The molecule has 0 aliphatic carbocycles. The van der Waals surface area contributed by atoms with Crippen LogP contribution >= 0.6 is 0 Å². The maximum Gasteiger partial charge on any atom is 0.335 e. The Labute approximate surface area is 126 Å². The van der Waals surface area contributed by atoms with Crippen molar-refractivity contribution in [1.29, 1.82) is 0 Å². The predicted octanol–water partition coefficient (Wildman–Crippen LogP) is 3.13. The smallest absolute Gasteiger partial charge is 0.335 e. The minimum Gasteiger partial charge on any atom is -0.478 e. The summed E-state index contributed by atoms with van der Waals surface area (Å²) in [6, 6.07) is 4.50. The minimum absolute atomic E-state index is 0.0403. The Morgan fingerprint density at radius 3 is 2.38 bits per heavy atom. The zero-order chi connectivity index (χ0) is 16.3. The SMILES string of the molecule is CCc1cc(NS(=O)(=O)CCC(C)(C)C)ccc1C(=O)O. The Morgan fingerprint density at radius 1 is 1.29 bits per heavy atom. The van der Waals surface area contributed by atoms with Gasteiger partial charge in [-0.1, -0.05) is 27.7 Å². The van der Waals surface area contributed by atoms with Crippen LogP contribution in [0, 0.1) is 5.41 Å². The first-order valence-corrected chi connectivity index (χ1v) is 8.56. The lowest BCUT2D eigenvalue weighted by Gasteiger charge is -2.18. The highest BCUT2D eigenvalue weighted by Gasteiger charge is 2.18. The van der Waals surface area contributed by atoms with Gasteiger partial charge in [0.05, 0.1) is 11.3 Å². The lowest BCUT2D eigenvalue weighted by atomic mass is 9.94. The summed E-state index contributed by atoms with van der Waals surface area (Å²) >= 11 is 0. The lowest BCUT2D eigenvalue weighted by molar-refractivity contribution is 0.0696. The van der Waals surface area contributed by atoms with Gasteiger partial charge in [-0.05, 0) is 42.0 Å². The van der Waals surface area contributed by atoms with Crippen molar-refractivity contribution < 1.29 is 18.3 Å². The molecule has 0 saturated heterocycles. The van der Waals surface area contributed by atoms with Crippen molar-refractivity contribution in [2.75, 3.05) is 10.5 Å². The van der Waals surface area contributed by atoms with Gasteiger partial charge in [-0.15, -0.1) is 0 Å². The molecule has 0 saturated carbocycles. The van der Waals surface area contributed by atoms with Crippen molar-refractivity contribution >= 4 is 21.7 Å². The number of rotatable bonds is 6. The normalized spacial score (nSPS) is 12.2. The van der Waals surface area contributed by atoms with Gasteiger partial charge in [-0.2, -0.15) is 0 Å². The van der Waals surface area contributed by atoms with Gasteiger partial charge in [0.1, 0.15) is 0 Å². The lowest BCUT2D eigenvalue weighted by Crippen LogP contribution is -2.21. The second-order valence-corrected chi connectivity index (χ2v) is 8.10. The molecule has 118 valence electrons. The third kappa shape index (κ3) is 5.75. The Balaban J connectivity index is 2.90. The van der Waals surface area contributed by atoms with E-state index in [4.69, 9.17) is 5.11 Å². The number of sulfonamides is 1. The fourth-order valence-corrected chi connectivity index (χ4v) is 3.30. The van der Waals surface area contributed by atoms with Gasteiger partial charge < -0.3 is 5.11 Å². The molecule has 5 nitrogen and oxygen atoms in total. The number of benzene rings is 1. The van der Waals surface area contributed by atoms with Crippen LogP contribution in [-0.4, -0.2) is 25.2 Å². The predicted molar refractivity (Wildman–Crippen MR) is 84.3 cm³/mol. The Hall–Kier alpha value is -1.56. The van der Waals surface area contributed by atoms with Crippen LogP contribution in [0.5, 0.6) is 0 Å². The van der Waals surface area contributed by atoms with Crippen molar-refractivity contribution in [2.24, 2.45) is 5.41 Å². The van der Waals surface area contributed by atoms with E-state index in [0.717, 1.165) is 0 Å². The van der Waals surface area contributed by atoms with Crippen LogP contribution in [0.4, 0.5) is 5.69 Å². The van der Waals surface area contributed by atoms with Crippen LogP contribution in [0.25, 0.3) is 0 Å². The van der Waals surface area contributed by atoms with Crippen molar-refractivity contribution in [1.82, 2.24) is 0 Å². The number of nitrogens with one attached hydrogen (secondary N) is 1. The molecule has 1 aromatic rings. The van der Waals surface area contributed by atoms with Gasteiger partial charge in [-0.3, -0.25) is 4.72 Å². The number of hydrogen-bond donors (Lipinski definition) is 2. The zero-order valence-electron chi connectivity index (χ0n) is 12.9. The van der Waals surface area contributed by atoms with E-state index in [-0.39, 0.29) is 16.7 Å². The summed E-state index contributed by atoms with van der Waals surface area (Å²) in [4.78, 5) is 11.1. The monoisotopic (exact) mass is 313 g/mol. The molecule has 0 aliphatic heterocycles. The first-order chi connectivity index (χ1) is 9.54. The van der Waals surface area contributed by atoms with Gasteiger partial charge >= 0.3 is 5.97 Å². The molecule has 2 N–H and O–H groups in total. The second kappa shape index (κ2) is 6.47. The van der Waals surface area contributed by atoms with Gasteiger partial charge in [0.25, 0.3) is 0 Å². The molecule has 0 bridgehead atoms. The summed E-state index contributed by atoms with van der Waals surface area (Å²) in [6.07, 6.45) is 1.08. The molecule has 0 unspecified atom stereocenters. The molecule has 21 heavy (non-hydrogen) atoms. The molecular weight excluding hydrogens is 290 g/mol. The van der Waals surface area contributed by atoms with E-state index in [2.05, 4.69) is 4.72 Å². The van der Waals surface area contributed by atoms with E-state index < -0.39 is 16.0 Å². The minimum atomic E-state index is -3.42. The molecule has 0 fully saturated rings. The number of hydrogen-bond acceptors (Lipinski definition) is 3. The maximum atomic E-state index is 12.0.